The lowest BCUT2D eigenvalue weighted by Gasteiger charge is -2.31. The first-order chi connectivity index (χ1) is 14.1. The Labute approximate surface area is 167 Å². The van der Waals surface area contributed by atoms with Crippen LogP contribution in [0, 0.1) is 5.92 Å². The second kappa shape index (κ2) is 8.22. The lowest BCUT2D eigenvalue weighted by Crippen LogP contribution is -2.50. The molecule has 150 valence electrons. The second-order valence-electron chi connectivity index (χ2n) is 7.18. The first kappa shape index (κ1) is 18.8. The minimum Gasteiger partial charge on any atom is -0.472 e. The summed E-state index contributed by atoms with van der Waals surface area (Å²) in [6.45, 7) is 0.912. The predicted octanol–water partition coefficient (Wildman–Crippen LogP) is 2.00. The number of piperidine rings is 1. The van der Waals surface area contributed by atoms with Crippen molar-refractivity contribution in [2.45, 2.75) is 19.3 Å². The lowest BCUT2D eigenvalue weighted by atomic mass is 9.97. The number of benzene rings is 1. The fraction of sp³-hybridized carbons (Fsp3) is 0.286. The number of fused-ring (bicyclic) bond motifs is 1. The van der Waals surface area contributed by atoms with Gasteiger partial charge in [-0.1, -0.05) is 18.2 Å². The number of H-pyrrole nitrogens is 1. The Kier molecular flexibility index (Phi) is 5.33. The van der Waals surface area contributed by atoms with Gasteiger partial charge in [0, 0.05) is 30.2 Å². The number of hydrogen-bond acceptors (Lipinski definition) is 4. The van der Waals surface area contributed by atoms with Crippen LogP contribution in [-0.4, -0.2) is 40.7 Å². The van der Waals surface area contributed by atoms with Gasteiger partial charge in [0.05, 0.1) is 24.2 Å². The fourth-order valence-corrected chi connectivity index (χ4v) is 3.67. The number of para-hydroxylation sites is 1. The van der Waals surface area contributed by atoms with Crippen molar-refractivity contribution < 1.29 is 18.8 Å². The summed E-state index contributed by atoms with van der Waals surface area (Å²) in [5, 5.41) is 0.981. The first-order valence-electron chi connectivity index (χ1n) is 9.57. The number of furan rings is 1. The van der Waals surface area contributed by atoms with E-state index >= 15 is 0 Å². The number of rotatable bonds is 4. The van der Waals surface area contributed by atoms with Crippen LogP contribution < -0.4 is 10.9 Å². The summed E-state index contributed by atoms with van der Waals surface area (Å²) in [7, 11) is 0. The van der Waals surface area contributed by atoms with Crippen molar-refractivity contribution in [3.63, 3.8) is 0 Å². The van der Waals surface area contributed by atoms with Crippen molar-refractivity contribution in [1.82, 2.24) is 20.7 Å². The number of nitrogens with one attached hydrogen (secondary N) is 3. The highest BCUT2D eigenvalue weighted by Crippen LogP contribution is 2.20. The number of amides is 3. The molecule has 0 radical (unpaired) electrons. The molecule has 3 amide bonds. The summed E-state index contributed by atoms with van der Waals surface area (Å²) in [6.07, 6.45) is 6.19. The summed E-state index contributed by atoms with van der Waals surface area (Å²) in [5.74, 6) is -1.11. The maximum atomic E-state index is 12.5. The highest BCUT2D eigenvalue weighted by Gasteiger charge is 2.29. The van der Waals surface area contributed by atoms with E-state index in [1.807, 2.05) is 24.3 Å². The van der Waals surface area contributed by atoms with E-state index in [1.165, 1.54) is 12.5 Å². The van der Waals surface area contributed by atoms with Gasteiger partial charge in [-0.3, -0.25) is 25.2 Å². The van der Waals surface area contributed by atoms with E-state index in [0.29, 0.717) is 25.1 Å². The van der Waals surface area contributed by atoms with Gasteiger partial charge in [0.1, 0.15) is 6.26 Å². The zero-order chi connectivity index (χ0) is 20.2. The molecule has 1 aromatic carbocycles. The van der Waals surface area contributed by atoms with Crippen molar-refractivity contribution in [2.24, 2.45) is 5.92 Å². The molecule has 3 heterocycles. The topological polar surface area (TPSA) is 107 Å². The van der Waals surface area contributed by atoms with Crippen LogP contribution in [0.25, 0.3) is 10.9 Å². The second-order valence-corrected chi connectivity index (χ2v) is 7.18. The van der Waals surface area contributed by atoms with Crippen LogP contribution in [0.1, 0.15) is 28.8 Å². The Morgan fingerprint density at radius 1 is 1.17 bits per heavy atom. The van der Waals surface area contributed by atoms with Gasteiger partial charge in [0.2, 0.25) is 11.8 Å². The number of carbonyl (C=O) groups excluding carboxylic acids is 3. The summed E-state index contributed by atoms with van der Waals surface area (Å²) < 4.78 is 4.96. The van der Waals surface area contributed by atoms with Crippen molar-refractivity contribution in [2.75, 3.05) is 13.1 Å². The van der Waals surface area contributed by atoms with Gasteiger partial charge in [-0.15, -0.1) is 0 Å². The fourth-order valence-electron chi connectivity index (χ4n) is 3.67. The van der Waals surface area contributed by atoms with Crippen LogP contribution in [0.15, 0.2) is 53.5 Å². The lowest BCUT2D eigenvalue weighted by molar-refractivity contribution is -0.131. The van der Waals surface area contributed by atoms with Crippen molar-refractivity contribution in [1.29, 1.82) is 0 Å². The average molecular weight is 394 g/mol. The van der Waals surface area contributed by atoms with Crippen LogP contribution in [0.4, 0.5) is 0 Å². The molecule has 1 saturated heterocycles. The number of nitrogens with zero attached hydrogens (tertiary/aromatic N) is 1. The molecule has 1 atom stereocenters. The van der Waals surface area contributed by atoms with Crippen LogP contribution >= 0.6 is 0 Å². The Morgan fingerprint density at radius 2 is 2.03 bits per heavy atom. The first-order valence-corrected chi connectivity index (χ1v) is 9.57. The highest BCUT2D eigenvalue weighted by molar-refractivity contribution is 5.94. The number of hydrazine groups is 1. The van der Waals surface area contributed by atoms with Crippen LogP contribution in [0.3, 0.4) is 0 Å². The Hall–Kier alpha value is -3.55. The molecule has 0 saturated carbocycles. The predicted molar refractivity (Wildman–Crippen MR) is 106 cm³/mol. The van der Waals surface area contributed by atoms with Crippen LogP contribution in [-0.2, 0) is 16.0 Å². The summed E-state index contributed by atoms with van der Waals surface area (Å²) in [4.78, 5) is 42.0. The Bertz CT molecular complexity index is 1020. The van der Waals surface area contributed by atoms with Gasteiger partial charge in [0.15, 0.2) is 0 Å². The molecule has 4 rings (SSSR count). The average Bonchev–Trinajstić information content (AvgIpc) is 3.42. The maximum absolute atomic E-state index is 12.5. The molecule has 0 spiro atoms. The molecule has 0 unspecified atom stereocenters. The molecule has 1 fully saturated rings. The SMILES string of the molecule is O=C(Cc1c[nH]c2ccccc12)NNC(=O)[C@H]1CCCN(C(=O)c2ccoc2)C1. The van der Waals surface area contributed by atoms with Gasteiger partial charge in [-0.25, -0.2) is 0 Å². The van der Waals surface area contributed by atoms with Gasteiger partial charge < -0.3 is 14.3 Å². The summed E-state index contributed by atoms with van der Waals surface area (Å²) in [5.41, 5.74) is 7.28. The van der Waals surface area contributed by atoms with E-state index in [-0.39, 0.29) is 30.1 Å². The third-order valence-corrected chi connectivity index (χ3v) is 5.20. The number of hydrogen-bond donors (Lipinski definition) is 3. The normalized spacial score (nSPS) is 16.6. The van der Waals surface area contributed by atoms with Crippen LogP contribution in [0.5, 0.6) is 0 Å². The number of aromatic nitrogens is 1. The summed E-state index contributed by atoms with van der Waals surface area (Å²) >= 11 is 0. The van der Waals surface area contributed by atoms with Crippen molar-refractivity contribution >= 4 is 28.6 Å². The largest absolute Gasteiger partial charge is 0.472 e. The molecule has 8 heteroatoms. The molecule has 3 aromatic rings. The molecular weight excluding hydrogens is 372 g/mol. The molecule has 1 aliphatic heterocycles. The minimum atomic E-state index is -0.368. The van der Waals surface area contributed by atoms with Crippen molar-refractivity contribution in [3.05, 3.63) is 60.2 Å². The van der Waals surface area contributed by atoms with Gasteiger partial charge >= 0.3 is 0 Å². The van der Waals surface area contributed by atoms with E-state index in [2.05, 4.69) is 15.8 Å². The standard InChI is InChI=1S/C21H22N4O4/c26-19(10-16-11-22-18-6-2-1-5-17(16)18)23-24-20(27)14-4-3-8-25(12-14)21(28)15-7-9-29-13-15/h1-2,5-7,9,11,13-14,22H,3-4,8,10,12H2,(H,23,26)(H,24,27)/t14-/m0/s1. The van der Waals surface area contributed by atoms with Gasteiger partial charge in [-0.05, 0) is 30.5 Å². The molecular formula is C21H22N4O4. The van der Waals surface area contributed by atoms with E-state index in [9.17, 15) is 14.4 Å². The monoisotopic (exact) mass is 394 g/mol. The summed E-state index contributed by atoms with van der Waals surface area (Å²) in [6, 6.07) is 9.34. The molecule has 0 bridgehead atoms. The third-order valence-electron chi connectivity index (χ3n) is 5.20. The Morgan fingerprint density at radius 3 is 2.86 bits per heavy atom. The molecule has 3 N–H and O–H groups in total. The van der Waals surface area contributed by atoms with Gasteiger partial charge in [-0.2, -0.15) is 0 Å². The minimum absolute atomic E-state index is 0.153. The van der Waals surface area contributed by atoms with E-state index in [1.54, 1.807) is 17.2 Å². The number of carbonyl (C=O) groups is 3. The number of likely N-dealkylation sites (tertiary alicyclic amines) is 1. The van der Waals surface area contributed by atoms with E-state index < -0.39 is 0 Å². The maximum Gasteiger partial charge on any atom is 0.257 e. The quantitative estimate of drug-likeness (QED) is 0.588. The third kappa shape index (κ3) is 4.16. The zero-order valence-electron chi connectivity index (χ0n) is 15.8. The Balaban J connectivity index is 1.29. The molecule has 8 nitrogen and oxygen atoms in total. The molecule has 0 aliphatic carbocycles. The smallest absolute Gasteiger partial charge is 0.257 e. The van der Waals surface area contributed by atoms with Gasteiger partial charge in [0.25, 0.3) is 5.91 Å². The molecule has 2 aromatic heterocycles. The number of aromatic amines is 1. The zero-order valence-corrected chi connectivity index (χ0v) is 15.8. The van der Waals surface area contributed by atoms with Crippen LogP contribution in [0.2, 0.25) is 0 Å². The van der Waals surface area contributed by atoms with Crippen molar-refractivity contribution in [3.8, 4) is 0 Å². The van der Waals surface area contributed by atoms with E-state index in [0.717, 1.165) is 22.9 Å². The van der Waals surface area contributed by atoms with E-state index in [4.69, 9.17) is 4.42 Å². The highest BCUT2D eigenvalue weighted by atomic mass is 16.3. The molecule has 1 aliphatic rings. The molecule has 29 heavy (non-hydrogen) atoms.